The van der Waals surface area contributed by atoms with E-state index in [-0.39, 0.29) is 11.1 Å². The first-order valence-electron chi connectivity index (χ1n) is 3.25. The number of aromatic hydroxyl groups is 1. The van der Waals surface area contributed by atoms with E-state index in [1.165, 1.54) is 6.92 Å². The molecule has 0 atom stereocenters. The summed E-state index contributed by atoms with van der Waals surface area (Å²) in [4.78, 5) is 10.4. The van der Waals surface area contributed by atoms with Gasteiger partial charge in [0, 0.05) is 5.56 Å². The van der Waals surface area contributed by atoms with Crippen molar-refractivity contribution in [2.24, 2.45) is 0 Å². The molecular formula is C8H7FO3. The summed E-state index contributed by atoms with van der Waals surface area (Å²) in [6.45, 7) is 1.30. The maximum absolute atomic E-state index is 12.8. The van der Waals surface area contributed by atoms with Crippen LogP contribution in [0.4, 0.5) is 4.39 Å². The van der Waals surface area contributed by atoms with Crippen molar-refractivity contribution >= 4 is 5.97 Å². The summed E-state index contributed by atoms with van der Waals surface area (Å²) in [6, 6.07) is 2.18. The number of phenols is 1. The predicted molar refractivity (Wildman–Crippen MR) is 39.8 cm³/mol. The lowest BCUT2D eigenvalue weighted by molar-refractivity contribution is 0.0695. The number of phenolic OH excluding ortho intramolecular Hbond substituents is 1. The third-order valence-electron chi connectivity index (χ3n) is 1.60. The van der Waals surface area contributed by atoms with E-state index in [0.29, 0.717) is 0 Å². The molecule has 0 spiro atoms. The Kier molecular flexibility index (Phi) is 1.99. The Morgan fingerprint density at radius 3 is 2.58 bits per heavy atom. The topological polar surface area (TPSA) is 57.5 Å². The van der Waals surface area contributed by atoms with Crippen LogP contribution in [0.2, 0.25) is 0 Å². The first-order chi connectivity index (χ1) is 5.54. The number of carbonyl (C=O) groups is 1. The second kappa shape index (κ2) is 2.81. The van der Waals surface area contributed by atoms with E-state index in [2.05, 4.69) is 0 Å². The van der Waals surface area contributed by atoms with Gasteiger partial charge in [0.05, 0.1) is 5.56 Å². The molecule has 0 radical (unpaired) electrons. The zero-order chi connectivity index (χ0) is 9.30. The normalized spacial score (nSPS) is 9.83. The lowest BCUT2D eigenvalue weighted by Crippen LogP contribution is -2.01. The first-order valence-corrected chi connectivity index (χ1v) is 3.25. The fraction of sp³-hybridized carbons (Fsp3) is 0.125. The van der Waals surface area contributed by atoms with Gasteiger partial charge in [0.15, 0.2) is 11.6 Å². The lowest BCUT2D eigenvalue weighted by Gasteiger charge is -2.02. The molecule has 0 aliphatic carbocycles. The molecule has 0 amide bonds. The summed E-state index contributed by atoms with van der Waals surface area (Å²) in [5.41, 5.74) is -0.187. The second-order valence-electron chi connectivity index (χ2n) is 2.38. The van der Waals surface area contributed by atoms with E-state index in [4.69, 9.17) is 10.2 Å². The minimum absolute atomic E-state index is 0.0532. The van der Waals surface area contributed by atoms with Crippen molar-refractivity contribution in [2.45, 2.75) is 6.92 Å². The molecule has 0 fully saturated rings. The highest BCUT2D eigenvalue weighted by molar-refractivity contribution is 5.89. The van der Waals surface area contributed by atoms with E-state index in [0.717, 1.165) is 12.1 Å². The van der Waals surface area contributed by atoms with Crippen LogP contribution < -0.4 is 0 Å². The van der Waals surface area contributed by atoms with E-state index in [1.807, 2.05) is 0 Å². The molecule has 0 unspecified atom stereocenters. The van der Waals surface area contributed by atoms with Gasteiger partial charge >= 0.3 is 5.97 Å². The zero-order valence-corrected chi connectivity index (χ0v) is 6.34. The van der Waals surface area contributed by atoms with E-state index in [1.54, 1.807) is 0 Å². The number of carboxylic acids is 1. The molecule has 12 heavy (non-hydrogen) atoms. The molecule has 0 saturated carbocycles. The summed E-state index contributed by atoms with van der Waals surface area (Å²) in [6.07, 6.45) is 0. The number of halogens is 1. The number of hydrogen-bond donors (Lipinski definition) is 2. The van der Waals surface area contributed by atoms with Gasteiger partial charge in [-0.2, -0.15) is 0 Å². The predicted octanol–water partition coefficient (Wildman–Crippen LogP) is 1.54. The van der Waals surface area contributed by atoms with Gasteiger partial charge in [-0.1, -0.05) is 0 Å². The third-order valence-corrected chi connectivity index (χ3v) is 1.60. The van der Waals surface area contributed by atoms with Crippen LogP contribution in [0.25, 0.3) is 0 Å². The molecule has 3 nitrogen and oxygen atoms in total. The van der Waals surface area contributed by atoms with Crippen LogP contribution in [0.1, 0.15) is 15.9 Å². The highest BCUT2D eigenvalue weighted by atomic mass is 19.1. The molecule has 4 heteroatoms. The van der Waals surface area contributed by atoms with Crippen LogP contribution in [0.5, 0.6) is 5.75 Å². The lowest BCUT2D eigenvalue weighted by atomic mass is 10.1. The van der Waals surface area contributed by atoms with Crippen LogP contribution in [-0.4, -0.2) is 16.2 Å². The summed E-state index contributed by atoms with van der Waals surface area (Å²) < 4.78 is 12.8. The van der Waals surface area contributed by atoms with Crippen LogP contribution in [0.3, 0.4) is 0 Å². The monoisotopic (exact) mass is 170 g/mol. The molecule has 1 aromatic carbocycles. The fourth-order valence-corrected chi connectivity index (χ4v) is 0.902. The maximum Gasteiger partial charge on any atom is 0.336 e. The molecule has 1 aromatic rings. The van der Waals surface area contributed by atoms with E-state index in [9.17, 15) is 9.18 Å². The van der Waals surface area contributed by atoms with Gasteiger partial charge in [-0.3, -0.25) is 0 Å². The maximum atomic E-state index is 12.8. The Labute approximate surface area is 68.1 Å². The third kappa shape index (κ3) is 1.23. The van der Waals surface area contributed by atoms with Gasteiger partial charge in [0.25, 0.3) is 0 Å². The van der Waals surface area contributed by atoms with Gasteiger partial charge < -0.3 is 10.2 Å². The SMILES string of the molecule is Cc1c(C(=O)O)ccc(O)c1F. The minimum Gasteiger partial charge on any atom is -0.505 e. The Balaban J connectivity index is 3.36. The van der Waals surface area contributed by atoms with Crippen molar-refractivity contribution in [1.82, 2.24) is 0 Å². The van der Waals surface area contributed by atoms with Crippen molar-refractivity contribution in [3.8, 4) is 5.75 Å². The molecular weight excluding hydrogens is 163 g/mol. The summed E-state index contributed by atoms with van der Waals surface area (Å²) >= 11 is 0. The Morgan fingerprint density at radius 2 is 2.08 bits per heavy atom. The quantitative estimate of drug-likeness (QED) is 0.672. The number of carboxylic acid groups (broad SMARTS) is 1. The van der Waals surface area contributed by atoms with Gasteiger partial charge in [0.2, 0.25) is 0 Å². The smallest absolute Gasteiger partial charge is 0.336 e. The van der Waals surface area contributed by atoms with Crippen LogP contribution in [0.15, 0.2) is 12.1 Å². The van der Waals surface area contributed by atoms with Crippen molar-refractivity contribution < 1.29 is 19.4 Å². The zero-order valence-electron chi connectivity index (χ0n) is 6.34. The summed E-state index contributed by atoms with van der Waals surface area (Å²) in [7, 11) is 0. The average Bonchev–Trinajstić information content (AvgIpc) is 2.00. The molecule has 0 heterocycles. The minimum atomic E-state index is -1.20. The van der Waals surface area contributed by atoms with Gasteiger partial charge in [-0.25, -0.2) is 9.18 Å². The van der Waals surface area contributed by atoms with E-state index < -0.39 is 17.5 Å². The summed E-state index contributed by atoms with van der Waals surface area (Å²) in [5, 5.41) is 17.4. The largest absolute Gasteiger partial charge is 0.505 e. The highest BCUT2D eigenvalue weighted by Crippen LogP contribution is 2.21. The van der Waals surface area contributed by atoms with Gasteiger partial charge in [-0.15, -0.1) is 0 Å². The molecule has 0 aliphatic rings. The molecule has 64 valence electrons. The van der Waals surface area contributed by atoms with Crippen LogP contribution in [0, 0.1) is 12.7 Å². The van der Waals surface area contributed by atoms with Gasteiger partial charge in [0.1, 0.15) is 0 Å². The van der Waals surface area contributed by atoms with Gasteiger partial charge in [-0.05, 0) is 19.1 Å². The Morgan fingerprint density at radius 1 is 1.50 bits per heavy atom. The van der Waals surface area contributed by atoms with Crippen molar-refractivity contribution in [2.75, 3.05) is 0 Å². The van der Waals surface area contributed by atoms with Crippen molar-refractivity contribution in [3.63, 3.8) is 0 Å². The highest BCUT2D eigenvalue weighted by Gasteiger charge is 2.13. The molecule has 0 bridgehead atoms. The molecule has 0 saturated heterocycles. The first kappa shape index (κ1) is 8.52. The Hall–Kier alpha value is -1.58. The van der Waals surface area contributed by atoms with Crippen molar-refractivity contribution in [3.05, 3.63) is 29.1 Å². The van der Waals surface area contributed by atoms with Crippen molar-refractivity contribution in [1.29, 1.82) is 0 Å². The second-order valence-corrected chi connectivity index (χ2v) is 2.38. The van der Waals surface area contributed by atoms with Crippen LogP contribution >= 0.6 is 0 Å². The number of aromatic carboxylic acids is 1. The summed E-state index contributed by atoms with van der Waals surface area (Å²) in [5.74, 6) is -2.61. The van der Waals surface area contributed by atoms with E-state index >= 15 is 0 Å². The molecule has 2 N–H and O–H groups in total. The number of benzene rings is 1. The Bertz CT molecular complexity index is 333. The molecule has 0 aliphatic heterocycles. The van der Waals surface area contributed by atoms with Crippen LogP contribution in [-0.2, 0) is 0 Å². The average molecular weight is 170 g/mol. The molecule has 1 rings (SSSR count). The standard InChI is InChI=1S/C8H7FO3/c1-4-5(8(11)12)2-3-6(10)7(4)9/h2-3,10H,1H3,(H,11,12). The fourth-order valence-electron chi connectivity index (χ4n) is 0.902. The number of rotatable bonds is 1. The molecule has 0 aromatic heterocycles. The number of hydrogen-bond acceptors (Lipinski definition) is 2.